The largest absolute Gasteiger partial charge is 0.586 e. The van der Waals surface area contributed by atoms with Crippen molar-refractivity contribution in [2.24, 2.45) is 5.92 Å². The van der Waals surface area contributed by atoms with Crippen molar-refractivity contribution in [2.45, 2.75) is 44.4 Å². The molecular formula is C18H25ClF2N2O2. The topological polar surface area (TPSA) is 33.7 Å². The van der Waals surface area contributed by atoms with Crippen molar-refractivity contribution in [2.75, 3.05) is 26.2 Å². The third-order valence-corrected chi connectivity index (χ3v) is 5.42. The van der Waals surface area contributed by atoms with Crippen LogP contribution in [-0.2, 0) is 0 Å². The van der Waals surface area contributed by atoms with Crippen molar-refractivity contribution in [3.63, 3.8) is 0 Å². The molecule has 0 spiro atoms. The maximum atomic E-state index is 13.6. The lowest BCUT2D eigenvalue weighted by Gasteiger charge is -2.41. The predicted octanol–water partition coefficient (Wildman–Crippen LogP) is 3.96. The molecule has 1 N–H and O–H groups in total. The summed E-state index contributed by atoms with van der Waals surface area (Å²) in [6.45, 7) is 3.74. The van der Waals surface area contributed by atoms with E-state index in [1.807, 2.05) is 6.07 Å². The first-order chi connectivity index (χ1) is 11.6. The van der Waals surface area contributed by atoms with Gasteiger partial charge in [-0.15, -0.1) is 21.2 Å². The maximum absolute atomic E-state index is 13.6. The number of alkyl halides is 2. The van der Waals surface area contributed by atoms with Gasteiger partial charge in [0.2, 0.25) is 0 Å². The van der Waals surface area contributed by atoms with E-state index < -0.39 is 6.29 Å². The molecule has 3 aliphatic rings. The number of halogens is 3. The summed E-state index contributed by atoms with van der Waals surface area (Å²) in [6, 6.07) is 5.43. The van der Waals surface area contributed by atoms with Gasteiger partial charge in [0.15, 0.2) is 11.5 Å². The number of para-hydroxylation sites is 1. The second kappa shape index (κ2) is 7.64. The SMILES string of the molecule is Cl.FC1(F)Oc2cccc([C@H](C3CCCCC3)N3CCNCC3)c2O1. The smallest absolute Gasteiger partial charge is 0.395 e. The van der Waals surface area contributed by atoms with Gasteiger partial charge in [-0.25, -0.2) is 0 Å². The average Bonchev–Trinajstić information content (AvgIpc) is 2.92. The first-order valence-electron chi connectivity index (χ1n) is 8.97. The molecule has 1 saturated heterocycles. The Hall–Kier alpha value is -1.11. The zero-order chi connectivity index (χ0) is 16.6. The molecule has 1 saturated carbocycles. The van der Waals surface area contributed by atoms with E-state index in [0.717, 1.165) is 44.6 Å². The summed E-state index contributed by atoms with van der Waals surface area (Å²) in [5.74, 6) is 0.881. The molecule has 2 heterocycles. The number of hydrogen-bond donors (Lipinski definition) is 1. The highest BCUT2D eigenvalue weighted by Gasteiger charge is 2.46. The fourth-order valence-electron chi connectivity index (χ4n) is 4.38. The van der Waals surface area contributed by atoms with Crippen LogP contribution in [0.3, 0.4) is 0 Å². The first-order valence-corrected chi connectivity index (χ1v) is 8.97. The molecular weight excluding hydrogens is 350 g/mol. The van der Waals surface area contributed by atoms with Gasteiger partial charge in [0, 0.05) is 37.8 Å². The van der Waals surface area contributed by atoms with E-state index in [0.29, 0.717) is 5.92 Å². The molecule has 0 radical (unpaired) electrons. The molecule has 1 atom stereocenters. The van der Waals surface area contributed by atoms with E-state index >= 15 is 0 Å². The van der Waals surface area contributed by atoms with Gasteiger partial charge in [-0.2, -0.15) is 0 Å². The standard InChI is InChI=1S/C18H24F2N2O2.ClH/c19-18(20)23-15-8-4-7-14(17(15)24-18)16(13-5-2-1-3-6-13)22-11-9-21-10-12-22;/h4,7-8,13,16,21H,1-3,5-6,9-12H2;1H/t16-;/m0./s1. The van der Waals surface area contributed by atoms with Gasteiger partial charge in [0.1, 0.15) is 0 Å². The van der Waals surface area contributed by atoms with Gasteiger partial charge in [0.25, 0.3) is 0 Å². The summed E-state index contributed by atoms with van der Waals surface area (Å²) in [7, 11) is 0. The summed E-state index contributed by atoms with van der Waals surface area (Å²) in [6.07, 6.45) is 2.45. The van der Waals surface area contributed by atoms with E-state index in [1.54, 1.807) is 12.1 Å². The van der Waals surface area contributed by atoms with Gasteiger partial charge >= 0.3 is 6.29 Å². The highest BCUT2D eigenvalue weighted by molar-refractivity contribution is 5.85. The van der Waals surface area contributed by atoms with Crippen LogP contribution in [0.4, 0.5) is 8.78 Å². The van der Waals surface area contributed by atoms with Crippen LogP contribution in [-0.4, -0.2) is 37.4 Å². The molecule has 2 aliphatic heterocycles. The molecule has 0 amide bonds. The van der Waals surface area contributed by atoms with Crippen molar-refractivity contribution in [3.8, 4) is 11.5 Å². The van der Waals surface area contributed by atoms with E-state index in [1.165, 1.54) is 19.3 Å². The Labute approximate surface area is 153 Å². The van der Waals surface area contributed by atoms with Crippen molar-refractivity contribution in [1.82, 2.24) is 10.2 Å². The number of rotatable bonds is 3. The lowest BCUT2D eigenvalue weighted by atomic mass is 9.80. The summed E-state index contributed by atoms with van der Waals surface area (Å²) >= 11 is 0. The molecule has 25 heavy (non-hydrogen) atoms. The lowest BCUT2D eigenvalue weighted by molar-refractivity contribution is -0.287. The van der Waals surface area contributed by atoms with Crippen molar-refractivity contribution < 1.29 is 18.3 Å². The van der Waals surface area contributed by atoms with Crippen molar-refractivity contribution in [1.29, 1.82) is 0 Å². The Morgan fingerprint density at radius 2 is 1.80 bits per heavy atom. The molecule has 1 aromatic rings. The quantitative estimate of drug-likeness (QED) is 0.868. The van der Waals surface area contributed by atoms with Crippen LogP contribution < -0.4 is 14.8 Å². The van der Waals surface area contributed by atoms with Crippen LogP contribution in [0.2, 0.25) is 0 Å². The van der Waals surface area contributed by atoms with Gasteiger partial charge in [0.05, 0.1) is 0 Å². The van der Waals surface area contributed by atoms with Crippen LogP contribution in [0.25, 0.3) is 0 Å². The molecule has 4 rings (SSSR count). The summed E-state index contributed by atoms with van der Waals surface area (Å²) in [5.41, 5.74) is 0.860. The monoisotopic (exact) mass is 374 g/mol. The van der Waals surface area contributed by atoms with Crippen molar-refractivity contribution in [3.05, 3.63) is 23.8 Å². The van der Waals surface area contributed by atoms with Crippen LogP contribution in [0.5, 0.6) is 11.5 Å². The zero-order valence-corrected chi connectivity index (χ0v) is 15.0. The molecule has 4 nitrogen and oxygen atoms in total. The molecule has 7 heteroatoms. The van der Waals surface area contributed by atoms with E-state index in [9.17, 15) is 8.78 Å². The number of nitrogens with one attached hydrogen (secondary N) is 1. The maximum Gasteiger partial charge on any atom is 0.586 e. The van der Waals surface area contributed by atoms with Crippen molar-refractivity contribution >= 4 is 12.4 Å². The van der Waals surface area contributed by atoms with Crippen LogP contribution >= 0.6 is 12.4 Å². The molecule has 1 aliphatic carbocycles. The fourth-order valence-corrected chi connectivity index (χ4v) is 4.38. The van der Waals surface area contributed by atoms with E-state index in [4.69, 9.17) is 4.74 Å². The minimum atomic E-state index is -3.56. The Morgan fingerprint density at radius 1 is 1.08 bits per heavy atom. The second-order valence-electron chi connectivity index (χ2n) is 6.97. The Morgan fingerprint density at radius 3 is 2.52 bits per heavy atom. The number of ether oxygens (including phenoxy) is 2. The predicted molar refractivity (Wildman–Crippen MR) is 93.7 cm³/mol. The molecule has 2 fully saturated rings. The minimum Gasteiger partial charge on any atom is -0.395 e. The molecule has 0 bridgehead atoms. The average molecular weight is 375 g/mol. The molecule has 0 unspecified atom stereocenters. The van der Waals surface area contributed by atoms with Gasteiger partial charge in [-0.1, -0.05) is 31.4 Å². The zero-order valence-electron chi connectivity index (χ0n) is 14.2. The Bertz CT molecular complexity index is 572. The third kappa shape index (κ3) is 3.86. The lowest BCUT2D eigenvalue weighted by Crippen LogP contribution is -2.47. The first kappa shape index (κ1) is 18.7. The highest BCUT2D eigenvalue weighted by Crippen LogP contribution is 2.49. The molecule has 1 aromatic carbocycles. The minimum absolute atomic E-state index is 0. The number of fused-ring (bicyclic) bond motifs is 1. The van der Waals surface area contributed by atoms with Crippen LogP contribution in [0, 0.1) is 5.92 Å². The molecule has 0 aromatic heterocycles. The van der Waals surface area contributed by atoms with E-state index in [2.05, 4.69) is 15.0 Å². The number of piperazine rings is 1. The van der Waals surface area contributed by atoms with Gasteiger partial charge in [-0.05, 0) is 24.8 Å². The summed E-state index contributed by atoms with van der Waals surface area (Å²) in [4.78, 5) is 2.43. The number of nitrogens with zero attached hydrogens (tertiary/aromatic N) is 1. The highest BCUT2D eigenvalue weighted by atomic mass is 35.5. The third-order valence-electron chi connectivity index (χ3n) is 5.42. The Balaban J connectivity index is 0.00000182. The fraction of sp³-hybridized carbons (Fsp3) is 0.667. The molecule has 140 valence electrons. The van der Waals surface area contributed by atoms with E-state index in [-0.39, 0.29) is 29.9 Å². The van der Waals surface area contributed by atoms with Crippen LogP contribution in [0.15, 0.2) is 18.2 Å². The van der Waals surface area contributed by atoms with Gasteiger partial charge in [-0.3, -0.25) is 4.90 Å². The summed E-state index contributed by atoms with van der Waals surface area (Å²) in [5, 5.41) is 3.37. The van der Waals surface area contributed by atoms with Crippen LogP contribution in [0.1, 0.15) is 43.7 Å². The summed E-state index contributed by atoms with van der Waals surface area (Å²) < 4.78 is 36.8. The Kier molecular flexibility index (Phi) is 5.71. The van der Waals surface area contributed by atoms with Gasteiger partial charge < -0.3 is 14.8 Å². The normalized spacial score (nSPS) is 24.6. The number of hydrogen-bond acceptors (Lipinski definition) is 4. The number of benzene rings is 1. The second-order valence-corrected chi connectivity index (χ2v) is 6.97.